The molecule has 2 N–H and O–H groups in total. The molecule has 11 heteroatoms. The first kappa shape index (κ1) is 27.0. The van der Waals surface area contributed by atoms with Crippen LogP contribution in [0.4, 0.5) is 0 Å². The minimum absolute atomic E-state index is 0. The van der Waals surface area contributed by atoms with E-state index in [4.69, 9.17) is 4.74 Å². The number of nitrogens with zero attached hydrogens (tertiary/aromatic N) is 1. The van der Waals surface area contributed by atoms with Crippen LogP contribution in [0.5, 0.6) is 0 Å². The Bertz CT molecular complexity index is 1040. The Hall–Kier alpha value is -1.23. The Labute approximate surface area is 205 Å². The summed E-state index contributed by atoms with van der Waals surface area (Å²) in [5.74, 6) is -0.105. The number of ether oxygens (including phenoxy) is 1. The molecule has 0 unspecified atom stereocenters. The maximum Gasteiger partial charge on any atom is 0.261 e. The third-order valence-corrected chi connectivity index (χ3v) is 8.84. The van der Waals surface area contributed by atoms with E-state index in [-0.39, 0.29) is 59.6 Å². The highest BCUT2D eigenvalue weighted by molar-refractivity contribution is 7.91. The van der Waals surface area contributed by atoms with E-state index >= 15 is 0 Å². The highest BCUT2D eigenvalue weighted by Crippen LogP contribution is 2.46. The molecule has 2 aromatic heterocycles. The third kappa shape index (κ3) is 5.46. The normalized spacial score (nSPS) is 19.4. The van der Waals surface area contributed by atoms with E-state index in [0.29, 0.717) is 10.6 Å². The number of halogens is 2. The first-order valence-electron chi connectivity index (χ1n) is 10.3. The number of pyridine rings is 1. The van der Waals surface area contributed by atoms with Crippen molar-refractivity contribution in [3.05, 3.63) is 45.4 Å². The van der Waals surface area contributed by atoms with Gasteiger partial charge in [0.1, 0.15) is 5.60 Å². The summed E-state index contributed by atoms with van der Waals surface area (Å²) in [5, 5.41) is 6.29. The number of carbonyl (C=O) groups excluding carboxylic acids is 1. The molecule has 4 heterocycles. The van der Waals surface area contributed by atoms with Crippen LogP contribution in [0.25, 0.3) is 0 Å². The summed E-state index contributed by atoms with van der Waals surface area (Å²) in [4.78, 5) is 19.0. The van der Waals surface area contributed by atoms with Crippen LogP contribution >= 0.6 is 36.2 Å². The van der Waals surface area contributed by atoms with Crippen molar-refractivity contribution in [3.63, 3.8) is 0 Å². The maximum atomic E-state index is 12.8. The first-order valence-corrected chi connectivity index (χ1v) is 12.8. The van der Waals surface area contributed by atoms with Crippen molar-refractivity contribution < 1.29 is 17.9 Å². The Balaban J connectivity index is 0.00000181. The lowest BCUT2D eigenvalue weighted by Gasteiger charge is -2.43. The molecule has 1 saturated heterocycles. The van der Waals surface area contributed by atoms with Gasteiger partial charge in [-0.2, -0.15) is 0 Å². The minimum Gasteiger partial charge on any atom is -0.366 e. The van der Waals surface area contributed by atoms with Crippen LogP contribution in [0.15, 0.2) is 29.3 Å². The van der Waals surface area contributed by atoms with Crippen molar-refractivity contribution in [2.45, 2.75) is 56.3 Å². The summed E-state index contributed by atoms with van der Waals surface area (Å²) in [6, 6.07) is 5.18. The lowest BCUT2D eigenvalue weighted by atomic mass is 9.84. The number of carbonyl (C=O) groups is 1. The summed E-state index contributed by atoms with van der Waals surface area (Å²) in [5.41, 5.74) is 1.56. The van der Waals surface area contributed by atoms with E-state index in [1.165, 1.54) is 34.0 Å². The Morgan fingerprint density at radius 3 is 2.66 bits per heavy atom. The topological polar surface area (TPSA) is 97.4 Å². The fourth-order valence-electron chi connectivity index (χ4n) is 4.17. The average molecular weight is 523 g/mol. The second kappa shape index (κ2) is 10.8. The van der Waals surface area contributed by atoms with Crippen LogP contribution in [0, 0.1) is 0 Å². The lowest BCUT2D eigenvalue weighted by Crippen LogP contribution is -2.46. The summed E-state index contributed by atoms with van der Waals surface area (Å²) < 4.78 is 30.2. The second-order valence-electron chi connectivity index (χ2n) is 7.91. The molecule has 0 saturated carbocycles. The Morgan fingerprint density at radius 1 is 1.31 bits per heavy atom. The molecule has 0 aliphatic carbocycles. The highest BCUT2D eigenvalue weighted by Gasteiger charge is 2.43. The number of nitrogens with one attached hydrogen (secondary N) is 2. The summed E-state index contributed by atoms with van der Waals surface area (Å²) in [6.07, 6.45) is 4.15. The minimum atomic E-state index is -3.27. The zero-order valence-corrected chi connectivity index (χ0v) is 21.3. The number of hydrogen-bond donors (Lipinski definition) is 2. The quantitative estimate of drug-likeness (QED) is 0.626. The number of piperidine rings is 1. The Kier molecular flexibility index (Phi) is 9.12. The number of hydrogen-bond acceptors (Lipinski definition) is 7. The third-order valence-electron chi connectivity index (χ3n) is 5.76. The molecular weight excluding hydrogens is 493 g/mol. The molecule has 2 aliphatic heterocycles. The van der Waals surface area contributed by atoms with Crippen LogP contribution in [0.2, 0.25) is 0 Å². The van der Waals surface area contributed by atoms with Crippen LogP contribution in [0.1, 0.15) is 52.5 Å². The number of fused-ring (bicyclic) bond motifs is 2. The molecule has 7 nitrogen and oxygen atoms in total. The van der Waals surface area contributed by atoms with Gasteiger partial charge in [0.2, 0.25) is 0 Å². The summed E-state index contributed by atoms with van der Waals surface area (Å²) in [7, 11) is -3.27. The van der Waals surface area contributed by atoms with E-state index in [0.717, 1.165) is 32.4 Å². The van der Waals surface area contributed by atoms with Crippen molar-refractivity contribution in [2.24, 2.45) is 0 Å². The molecule has 2 aliphatic rings. The second-order valence-corrected chi connectivity index (χ2v) is 11.2. The number of amides is 1. The van der Waals surface area contributed by atoms with Crippen molar-refractivity contribution in [3.8, 4) is 0 Å². The van der Waals surface area contributed by atoms with Gasteiger partial charge in [-0.3, -0.25) is 9.78 Å². The average Bonchev–Trinajstić information content (AvgIpc) is 3.18. The van der Waals surface area contributed by atoms with E-state index in [9.17, 15) is 13.2 Å². The lowest BCUT2D eigenvalue weighted by molar-refractivity contribution is -0.117. The molecule has 1 fully saturated rings. The van der Waals surface area contributed by atoms with Gasteiger partial charge in [-0.1, -0.05) is 6.92 Å². The van der Waals surface area contributed by atoms with Gasteiger partial charge < -0.3 is 15.4 Å². The molecule has 178 valence electrons. The highest BCUT2D eigenvalue weighted by atomic mass is 35.5. The molecule has 1 spiro atoms. The fraction of sp³-hybridized carbons (Fsp3) is 0.524. The van der Waals surface area contributed by atoms with Crippen LogP contribution in [-0.4, -0.2) is 44.3 Å². The molecule has 0 aromatic carbocycles. The number of sulfone groups is 1. The van der Waals surface area contributed by atoms with Gasteiger partial charge in [-0.25, -0.2) is 8.42 Å². The van der Waals surface area contributed by atoms with Crippen LogP contribution < -0.4 is 10.6 Å². The maximum absolute atomic E-state index is 12.8. The predicted octanol–water partition coefficient (Wildman–Crippen LogP) is 3.25. The summed E-state index contributed by atoms with van der Waals surface area (Å²) in [6.45, 7) is 5.78. The number of aromatic nitrogens is 1. The molecule has 32 heavy (non-hydrogen) atoms. The first-order chi connectivity index (χ1) is 14.3. The monoisotopic (exact) mass is 521 g/mol. The standard InChI is InChI=1S/C21H27N3O4S2.2ClH/c1-3-30(26,27)17-5-4-16(23-13-17)12-24-20(25)18-11-15-10-14(2)28-21(19(15)29-18)6-8-22-9-7-21;;/h4-5,11,13-14,22H,3,6-10,12H2,1-2H3,(H,24,25);2*1H/t14-;;/m0../s1. The molecule has 1 atom stereocenters. The Morgan fingerprint density at radius 2 is 2.03 bits per heavy atom. The van der Waals surface area contributed by atoms with E-state index in [2.05, 4.69) is 22.5 Å². The van der Waals surface area contributed by atoms with E-state index < -0.39 is 9.84 Å². The van der Waals surface area contributed by atoms with Gasteiger partial charge in [0.15, 0.2) is 9.84 Å². The van der Waals surface area contributed by atoms with Crippen LogP contribution in [-0.2, 0) is 33.1 Å². The largest absolute Gasteiger partial charge is 0.366 e. The van der Waals surface area contributed by atoms with Crippen LogP contribution in [0.3, 0.4) is 0 Å². The van der Waals surface area contributed by atoms with Gasteiger partial charge >= 0.3 is 0 Å². The number of thiophene rings is 1. The molecule has 4 rings (SSSR count). The predicted molar refractivity (Wildman–Crippen MR) is 130 cm³/mol. The van der Waals surface area contributed by atoms with Gasteiger partial charge in [-0.15, -0.1) is 36.2 Å². The van der Waals surface area contributed by atoms with Crippen molar-refractivity contribution in [1.29, 1.82) is 0 Å². The number of rotatable bonds is 5. The van der Waals surface area contributed by atoms with E-state index in [1.807, 2.05) is 6.07 Å². The molecule has 2 aromatic rings. The molecule has 1 amide bonds. The smallest absolute Gasteiger partial charge is 0.261 e. The molecular formula is C21H29Cl2N3O4S2. The van der Waals surface area contributed by atoms with Gasteiger partial charge in [-0.05, 0) is 63.0 Å². The SMILES string of the molecule is CCS(=O)(=O)c1ccc(CNC(=O)c2cc3c(s2)C2(CCNCC2)O[C@@H](C)C3)nc1.Cl.Cl. The van der Waals surface area contributed by atoms with Crippen molar-refractivity contribution in [1.82, 2.24) is 15.6 Å². The van der Waals surface area contributed by atoms with Crippen molar-refractivity contribution >= 4 is 51.9 Å². The summed E-state index contributed by atoms with van der Waals surface area (Å²) >= 11 is 1.53. The fourth-order valence-corrected chi connectivity index (χ4v) is 6.29. The molecule has 0 bridgehead atoms. The van der Waals surface area contributed by atoms with Gasteiger partial charge in [0.05, 0.1) is 33.9 Å². The zero-order valence-electron chi connectivity index (χ0n) is 18.0. The van der Waals surface area contributed by atoms with Gasteiger partial charge in [0.25, 0.3) is 5.91 Å². The molecule has 0 radical (unpaired) electrons. The van der Waals surface area contributed by atoms with Crippen molar-refractivity contribution in [2.75, 3.05) is 18.8 Å². The van der Waals surface area contributed by atoms with Gasteiger partial charge in [0, 0.05) is 11.1 Å². The van der Waals surface area contributed by atoms with E-state index in [1.54, 1.807) is 13.0 Å². The zero-order chi connectivity index (χ0) is 21.4.